The van der Waals surface area contributed by atoms with Crippen LogP contribution in [-0.2, 0) is 11.2 Å². The van der Waals surface area contributed by atoms with Crippen LogP contribution in [-0.4, -0.2) is 10.9 Å². The standard InChI is InChI=1S/C7H5ClN2O/c8-7-6-4(1-2-9-7)3-5(11)10-6/h1-2H,3H2,(H,10,11). The van der Waals surface area contributed by atoms with Crippen molar-refractivity contribution in [3.8, 4) is 0 Å². The lowest BCUT2D eigenvalue weighted by molar-refractivity contribution is -0.115. The van der Waals surface area contributed by atoms with Crippen LogP contribution in [0.1, 0.15) is 5.56 Å². The van der Waals surface area contributed by atoms with Crippen LogP contribution in [0.25, 0.3) is 0 Å². The number of rotatable bonds is 0. The number of aromatic nitrogens is 1. The molecule has 56 valence electrons. The van der Waals surface area contributed by atoms with Crippen molar-refractivity contribution in [3.63, 3.8) is 0 Å². The molecule has 0 saturated carbocycles. The Hall–Kier alpha value is -1.09. The summed E-state index contributed by atoms with van der Waals surface area (Å²) < 4.78 is 0. The van der Waals surface area contributed by atoms with E-state index in [0.717, 1.165) is 5.56 Å². The van der Waals surface area contributed by atoms with Crippen molar-refractivity contribution >= 4 is 23.2 Å². The molecule has 1 aromatic heterocycles. The predicted molar refractivity (Wildman–Crippen MR) is 41.6 cm³/mol. The highest BCUT2D eigenvalue weighted by Gasteiger charge is 2.19. The van der Waals surface area contributed by atoms with Gasteiger partial charge in [0.15, 0.2) is 5.15 Å². The molecule has 0 radical (unpaired) electrons. The summed E-state index contributed by atoms with van der Waals surface area (Å²) in [5.41, 5.74) is 1.59. The SMILES string of the molecule is O=C1Cc2ccnc(Cl)c2N1. The maximum Gasteiger partial charge on any atom is 0.228 e. The molecule has 1 aromatic rings. The number of hydrogen-bond donors (Lipinski definition) is 1. The van der Waals surface area contributed by atoms with Crippen LogP contribution in [0.2, 0.25) is 5.15 Å². The van der Waals surface area contributed by atoms with Crippen LogP contribution >= 0.6 is 11.6 Å². The molecule has 4 heteroatoms. The van der Waals surface area contributed by atoms with E-state index < -0.39 is 0 Å². The number of fused-ring (bicyclic) bond motifs is 1. The van der Waals surface area contributed by atoms with Gasteiger partial charge >= 0.3 is 0 Å². The quantitative estimate of drug-likeness (QED) is 0.592. The second-order valence-corrected chi connectivity index (χ2v) is 2.72. The molecular weight excluding hydrogens is 164 g/mol. The van der Waals surface area contributed by atoms with Crippen LogP contribution in [0.4, 0.5) is 5.69 Å². The van der Waals surface area contributed by atoms with Gasteiger partial charge in [-0.3, -0.25) is 4.79 Å². The number of carbonyl (C=O) groups is 1. The summed E-state index contributed by atoms with van der Waals surface area (Å²) in [6.45, 7) is 0. The maximum absolute atomic E-state index is 10.9. The third-order valence-corrected chi connectivity index (χ3v) is 1.89. The lowest BCUT2D eigenvalue weighted by Gasteiger charge is -1.97. The van der Waals surface area contributed by atoms with Crippen LogP contribution in [0.3, 0.4) is 0 Å². The molecule has 1 amide bonds. The van der Waals surface area contributed by atoms with Gasteiger partial charge in [-0.2, -0.15) is 0 Å². The van der Waals surface area contributed by atoms with Gasteiger partial charge in [0, 0.05) is 6.20 Å². The summed E-state index contributed by atoms with van der Waals surface area (Å²) in [7, 11) is 0. The monoisotopic (exact) mass is 168 g/mol. The molecule has 11 heavy (non-hydrogen) atoms. The van der Waals surface area contributed by atoms with Crippen LogP contribution in [0, 0.1) is 0 Å². The number of hydrogen-bond acceptors (Lipinski definition) is 2. The molecule has 1 aliphatic rings. The van der Waals surface area contributed by atoms with Gasteiger partial charge in [0.1, 0.15) is 0 Å². The van der Waals surface area contributed by atoms with Crippen molar-refractivity contribution < 1.29 is 4.79 Å². The number of amides is 1. The minimum Gasteiger partial charge on any atom is -0.323 e. The number of pyridine rings is 1. The molecule has 0 unspecified atom stereocenters. The minimum atomic E-state index is -0.0186. The molecule has 0 aromatic carbocycles. The third kappa shape index (κ3) is 0.973. The molecule has 0 aliphatic carbocycles. The lowest BCUT2D eigenvalue weighted by Crippen LogP contribution is -2.03. The molecule has 0 bridgehead atoms. The average Bonchev–Trinajstić information content (AvgIpc) is 2.31. The highest BCUT2D eigenvalue weighted by Crippen LogP contribution is 2.28. The van der Waals surface area contributed by atoms with Crippen LogP contribution in [0.5, 0.6) is 0 Å². The Bertz CT molecular complexity index is 324. The average molecular weight is 169 g/mol. The molecule has 1 aliphatic heterocycles. The van der Waals surface area contributed by atoms with Gasteiger partial charge in [-0.05, 0) is 11.6 Å². The van der Waals surface area contributed by atoms with Gasteiger partial charge in [0.2, 0.25) is 5.91 Å². The topological polar surface area (TPSA) is 42.0 Å². The second kappa shape index (κ2) is 2.20. The van der Waals surface area contributed by atoms with Crippen LogP contribution in [0.15, 0.2) is 12.3 Å². The molecule has 0 fully saturated rings. The first-order chi connectivity index (χ1) is 5.27. The summed E-state index contributed by atoms with van der Waals surface area (Å²) in [6.07, 6.45) is 2.01. The Kier molecular flexibility index (Phi) is 1.32. The van der Waals surface area contributed by atoms with E-state index in [9.17, 15) is 4.79 Å². The Morgan fingerprint density at radius 3 is 3.18 bits per heavy atom. The van der Waals surface area contributed by atoms with Crippen molar-refractivity contribution in [2.75, 3.05) is 5.32 Å². The summed E-state index contributed by atoms with van der Waals surface area (Å²) in [4.78, 5) is 14.7. The molecule has 2 rings (SSSR count). The van der Waals surface area contributed by atoms with Gasteiger partial charge in [0.05, 0.1) is 12.1 Å². The van der Waals surface area contributed by atoms with Gasteiger partial charge in [-0.25, -0.2) is 4.98 Å². The van der Waals surface area contributed by atoms with Crippen molar-refractivity contribution in [3.05, 3.63) is 23.0 Å². The van der Waals surface area contributed by atoms with Gasteiger partial charge < -0.3 is 5.32 Å². The minimum absolute atomic E-state index is 0.0186. The fourth-order valence-corrected chi connectivity index (χ4v) is 1.33. The molecule has 0 saturated heterocycles. The number of nitrogens with one attached hydrogen (secondary N) is 1. The molecule has 0 atom stereocenters. The normalized spacial score (nSPS) is 14.5. The zero-order valence-electron chi connectivity index (χ0n) is 5.60. The first-order valence-corrected chi connectivity index (χ1v) is 3.58. The summed E-state index contributed by atoms with van der Waals surface area (Å²) in [5.74, 6) is -0.0186. The summed E-state index contributed by atoms with van der Waals surface area (Å²) >= 11 is 5.71. The number of halogens is 1. The van der Waals surface area contributed by atoms with E-state index in [0.29, 0.717) is 17.3 Å². The van der Waals surface area contributed by atoms with E-state index in [1.54, 1.807) is 12.3 Å². The van der Waals surface area contributed by atoms with E-state index in [4.69, 9.17) is 11.6 Å². The number of carbonyl (C=O) groups excluding carboxylic acids is 1. The molecular formula is C7H5ClN2O. The van der Waals surface area contributed by atoms with Gasteiger partial charge in [-0.1, -0.05) is 11.6 Å². The number of anilines is 1. The first-order valence-electron chi connectivity index (χ1n) is 3.20. The van der Waals surface area contributed by atoms with Crippen molar-refractivity contribution in [1.82, 2.24) is 4.98 Å². The highest BCUT2D eigenvalue weighted by molar-refractivity contribution is 6.33. The second-order valence-electron chi connectivity index (χ2n) is 2.36. The molecule has 0 spiro atoms. The van der Waals surface area contributed by atoms with E-state index in [2.05, 4.69) is 10.3 Å². The smallest absolute Gasteiger partial charge is 0.228 e. The van der Waals surface area contributed by atoms with E-state index in [1.807, 2.05) is 0 Å². The maximum atomic E-state index is 10.9. The van der Waals surface area contributed by atoms with E-state index in [1.165, 1.54) is 0 Å². The van der Waals surface area contributed by atoms with Crippen molar-refractivity contribution in [2.24, 2.45) is 0 Å². The van der Waals surface area contributed by atoms with E-state index >= 15 is 0 Å². The molecule has 3 nitrogen and oxygen atoms in total. The van der Waals surface area contributed by atoms with E-state index in [-0.39, 0.29) is 5.91 Å². The largest absolute Gasteiger partial charge is 0.323 e. The number of nitrogens with zero attached hydrogens (tertiary/aromatic N) is 1. The fraction of sp³-hybridized carbons (Fsp3) is 0.143. The Labute approximate surface area is 68.4 Å². The lowest BCUT2D eigenvalue weighted by atomic mass is 10.2. The summed E-state index contributed by atoms with van der Waals surface area (Å²) in [6, 6.07) is 1.79. The van der Waals surface area contributed by atoms with Gasteiger partial charge in [0.25, 0.3) is 0 Å². The third-order valence-electron chi connectivity index (χ3n) is 1.61. The molecule has 2 heterocycles. The summed E-state index contributed by atoms with van der Waals surface area (Å²) in [5, 5.41) is 3.00. The zero-order valence-corrected chi connectivity index (χ0v) is 6.35. The molecule has 1 N–H and O–H groups in total. The first kappa shape index (κ1) is 6.61. The Balaban J connectivity index is 2.57. The fourth-order valence-electron chi connectivity index (χ4n) is 1.11. The highest BCUT2D eigenvalue weighted by atomic mass is 35.5. The van der Waals surface area contributed by atoms with Crippen molar-refractivity contribution in [2.45, 2.75) is 6.42 Å². The van der Waals surface area contributed by atoms with Crippen molar-refractivity contribution in [1.29, 1.82) is 0 Å². The van der Waals surface area contributed by atoms with Gasteiger partial charge in [-0.15, -0.1) is 0 Å². The zero-order chi connectivity index (χ0) is 7.84. The Morgan fingerprint density at radius 2 is 2.45 bits per heavy atom. The van der Waals surface area contributed by atoms with Crippen LogP contribution < -0.4 is 5.32 Å². The Morgan fingerprint density at radius 1 is 1.64 bits per heavy atom. The predicted octanol–water partition coefficient (Wildman–Crippen LogP) is 1.23.